The first-order valence-corrected chi connectivity index (χ1v) is 13.7. The molecular weight excluding hydrogens is 462 g/mol. The normalized spacial score (nSPS) is 31.9. The van der Waals surface area contributed by atoms with E-state index >= 15 is 0 Å². The highest BCUT2D eigenvalue weighted by atomic mass is 16.5. The largest absolute Gasteiger partial charge is 0.433 e. The highest BCUT2D eigenvalue weighted by Gasteiger charge is 2.43. The van der Waals surface area contributed by atoms with Crippen LogP contribution in [0.4, 0.5) is 0 Å². The Labute approximate surface area is 225 Å². The molecule has 0 saturated carbocycles. The molecule has 2 radical (unpaired) electrons. The van der Waals surface area contributed by atoms with Crippen LogP contribution < -0.4 is 0 Å². The van der Waals surface area contributed by atoms with E-state index in [2.05, 4.69) is 48.6 Å². The number of fused-ring (bicyclic) bond motifs is 3. The van der Waals surface area contributed by atoms with Gasteiger partial charge >= 0.3 is 7.48 Å². The van der Waals surface area contributed by atoms with Gasteiger partial charge in [0, 0.05) is 17.8 Å². The van der Waals surface area contributed by atoms with Crippen LogP contribution in [-0.2, 0) is 14.0 Å². The second-order valence-electron chi connectivity index (χ2n) is 13.2. The highest BCUT2D eigenvalue weighted by molar-refractivity contribution is 6.39. The monoisotopic (exact) mass is 506 g/mol. The number of rotatable bonds is 9. The number of hydrogen-bond acceptors (Lipinski definition) is 5. The molecule has 1 saturated heterocycles. The fraction of sp³-hybridized carbons (Fsp3) is 0.667. The van der Waals surface area contributed by atoms with Gasteiger partial charge in [-0.1, -0.05) is 54.1 Å². The van der Waals surface area contributed by atoms with Gasteiger partial charge in [-0.25, -0.2) is 0 Å². The lowest BCUT2D eigenvalue weighted by Gasteiger charge is -2.40. The molecule has 2 N–H and O–H groups in total. The molecular formula is C30H44B2O5. The predicted molar refractivity (Wildman–Crippen MR) is 150 cm³/mol. The third-order valence-corrected chi connectivity index (χ3v) is 9.04. The van der Waals surface area contributed by atoms with Crippen LogP contribution in [0.1, 0.15) is 68.2 Å². The maximum Gasteiger partial charge on any atom is 0.326 e. The van der Waals surface area contributed by atoms with Gasteiger partial charge < -0.3 is 24.3 Å². The number of hydrogen-bond donors (Lipinski definition) is 2. The number of allylic oxidation sites excluding steroid dienone is 6. The van der Waals surface area contributed by atoms with E-state index in [0.29, 0.717) is 11.8 Å². The van der Waals surface area contributed by atoms with Crippen molar-refractivity contribution in [2.24, 2.45) is 17.8 Å². The van der Waals surface area contributed by atoms with Crippen LogP contribution in [0.2, 0.25) is 5.82 Å². The third kappa shape index (κ3) is 6.28. The molecule has 1 aliphatic heterocycles. The summed E-state index contributed by atoms with van der Waals surface area (Å²) in [5.41, 5.74) is -1.12. The fourth-order valence-electron chi connectivity index (χ4n) is 4.99. The van der Waals surface area contributed by atoms with E-state index in [1.807, 2.05) is 35.2 Å². The predicted octanol–water partition coefficient (Wildman–Crippen LogP) is 5.06. The van der Waals surface area contributed by atoms with Gasteiger partial charge in [-0.2, -0.15) is 0 Å². The third-order valence-electron chi connectivity index (χ3n) is 9.04. The lowest BCUT2D eigenvalue weighted by atomic mass is 9.60. The van der Waals surface area contributed by atoms with Gasteiger partial charge in [-0.05, 0) is 79.6 Å². The van der Waals surface area contributed by atoms with Crippen molar-refractivity contribution < 1.29 is 24.3 Å². The molecule has 0 aromatic heterocycles. The zero-order valence-corrected chi connectivity index (χ0v) is 23.8. The summed E-state index contributed by atoms with van der Waals surface area (Å²) in [5, 5.41) is 21.1. The average Bonchev–Trinajstić information content (AvgIpc) is 3.18. The molecule has 1 heterocycles. The van der Waals surface area contributed by atoms with Gasteiger partial charge in [0.1, 0.15) is 0 Å². The first-order valence-electron chi connectivity index (χ1n) is 13.7. The maximum absolute atomic E-state index is 10.6. The molecule has 3 aliphatic carbocycles. The molecule has 5 nitrogen and oxygen atoms in total. The van der Waals surface area contributed by atoms with Crippen molar-refractivity contribution in [2.45, 2.75) is 109 Å². The summed E-state index contributed by atoms with van der Waals surface area (Å²) in [7, 11) is 3.71. The minimum atomic E-state index is -0.993. The summed E-state index contributed by atoms with van der Waals surface area (Å²) in [5.74, 6) is 1.08. The highest BCUT2D eigenvalue weighted by Crippen LogP contribution is 2.44. The van der Waals surface area contributed by atoms with Crippen LogP contribution in [0, 0.1) is 17.8 Å². The molecule has 7 heteroatoms. The van der Waals surface area contributed by atoms with Gasteiger partial charge in [-0.3, -0.25) is 0 Å². The van der Waals surface area contributed by atoms with E-state index in [-0.39, 0.29) is 23.9 Å². The Bertz CT molecular complexity index is 992. The van der Waals surface area contributed by atoms with Crippen molar-refractivity contribution in [1.29, 1.82) is 0 Å². The second kappa shape index (κ2) is 10.3. The molecule has 6 unspecified atom stereocenters. The zero-order chi connectivity index (χ0) is 27.2. The van der Waals surface area contributed by atoms with Gasteiger partial charge in [0.2, 0.25) is 0 Å². The zero-order valence-electron chi connectivity index (χ0n) is 23.8. The summed E-state index contributed by atoms with van der Waals surface area (Å²) >= 11 is 0. The summed E-state index contributed by atoms with van der Waals surface area (Å²) in [6.07, 6.45) is 19.7. The quantitative estimate of drug-likeness (QED) is 0.428. The summed E-state index contributed by atoms with van der Waals surface area (Å²) in [6, 6.07) is 0. The molecule has 200 valence electrons. The molecule has 0 bridgehead atoms. The maximum atomic E-state index is 10.6. The van der Waals surface area contributed by atoms with Crippen molar-refractivity contribution in [2.75, 3.05) is 0 Å². The smallest absolute Gasteiger partial charge is 0.326 e. The van der Waals surface area contributed by atoms with Gasteiger partial charge in [0.05, 0.1) is 34.6 Å². The van der Waals surface area contributed by atoms with Crippen molar-refractivity contribution in [3.05, 3.63) is 59.7 Å². The van der Waals surface area contributed by atoms with Gasteiger partial charge in [0.15, 0.2) is 0 Å². The first-order chi connectivity index (χ1) is 17.1. The average molecular weight is 506 g/mol. The molecule has 0 amide bonds. The van der Waals surface area contributed by atoms with Crippen LogP contribution in [-0.4, -0.2) is 59.8 Å². The van der Waals surface area contributed by atoms with Crippen molar-refractivity contribution >= 4 is 15.0 Å². The van der Waals surface area contributed by atoms with Crippen LogP contribution in [0.3, 0.4) is 0 Å². The number of aliphatic hydroxyl groups is 2. The first kappa shape index (κ1) is 28.6. The van der Waals surface area contributed by atoms with Crippen molar-refractivity contribution in [3.8, 4) is 0 Å². The molecule has 0 aromatic rings. The molecule has 4 aliphatic rings. The van der Waals surface area contributed by atoms with Crippen LogP contribution >= 0.6 is 0 Å². The summed E-state index contributed by atoms with van der Waals surface area (Å²) in [4.78, 5) is 0. The lowest BCUT2D eigenvalue weighted by Crippen LogP contribution is -2.49. The molecule has 37 heavy (non-hydrogen) atoms. The molecule has 0 spiro atoms. The summed E-state index contributed by atoms with van der Waals surface area (Å²) < 4.78 is 18.7. The van der Waals surface area contributed by atoms with Gasteiger partial charge in [0.25, 0.3) is 7.48 Å². The Morgan fingerprint density at radius 1 is 0.811 bits per heavy atom. The Morgan fingerprint density at radius 3 is 2.11 bits per heavy atom. The van der Waals surface area contributed by atoms with Crippen LogP contribution in [0.25, 0.3) is 0 Å². The van der Waals surface area contributed by atoms with E-state index in [4.69, 9.17) is 14.0 Å². The number of ether oxygens (including phenoxy) is 1. The van der Waals surface area contributed by atoms with Crippen molar-refractivity contribution in [1.82, 2.24) is 0 Å². The second-order valence-corrected chi connectivity index (χ2v) is 13.2. The molecule has 6 atom stereocenters. The SMILES string of the molecule is CC(C)(O)C(C)(C)O[B]C1=CC(C2=CC3OC4C=CC=CC4C3C=C2)CC([B]OC(C)(C)C(C)(C)O)C1. The van der Waals surface area contributed by atoms with E-state index in [1.54, 1.807) is 35.2 Å². The van der Waals surface area contributed by atoms with Gasteiger partial charge in [-0.15, -0.1) is 0 Å². The lowest BCUT2D eigenvalue weighted by molar-refractivity contribution is -0.0913. The van der Waals surface area contributed by atoms with Crippen LogP contribution in [0.5, 0.6) is 0 Å². The Hall–Kier alpha value is -1.37. The fourth-order valence-corrected chi connectivity index (χ4v) is 4.99. The van der Waals surface area contributed by atoms with E-state index in [0.717, 1.165) is 18.3 Å². The molecule has 1 fully saturated rings. The van der Waals surface area contributed by atoms with E-state index < -0.39 is 22.4 Å². The minimum absolute atomic E-state index is 0.0725. The molecule has 4 rings (SSSR count). The topological polar surface area (TPSA) is 68.2 Å². The Kier molecular flexibility index (Phi) is 7.98. The van der Waals surface area contributed by atoms with E-state index in [9.17, 15) is 10.2 Å². The molecule has 0 aromatic carbocycles. The Balaban J connectivity index is 1.52. The minimum Gasteiger partial charge on any atom is -0.433 e. The van der Waals surface area contributed by atoms with E-state index in [1.165, 1.54) is 5.57 Å². The van der Waals surface area contributed by atoms with Crippen molar-refractivity contribution in [3.63, 3.8) is 0 Å². The summed E-state index contributed by atoms with van der Waals surface area (Å²) in [6.45, 7) is 14.7. The van der Waals surface area contributed by atoms with Crippen LogP contribution in [0.15, 0.2) is 59.7 Å². The standard InChI is InChI=1S/C30H44B2O5/c1-27(2,33)29(5,6)36-31-21-15-20(16-22(18-21)32-37-30(7,8)28(3,4)34)19-13-14-24-23-11-9-10-12-25(23)35-26(24)17-19/h9-15,17,20,22-26,33-34H,16,18H2,1-8H3. The Morgan fingerprint density at radius 2 is 1.43 bits per heavy atom.